The van der Waals surface area contributed by atoms with Gasteiger partial charge in [0.1, 0.15) is 5.82 Å². The van der Waals surface area contributed by atoms with Crippen LogP contribution < -0.4 is 5.69 Å². The van der Waals surface area contributed by atoms with E-state index >= 15 is 0 Å². The number of halogens is 1. The van der Waals surface area contributed by atoms with Gasteiger partial charge >= 0.3 is 5.69 Å². The van der Waals surface area contributed by atoms with Gasteiger partial charge in [-0.25, -0.2) is 9.18 Å². The van der Waals surface area contributed by atoms with Crippen LogP contribution in [0.3, 0.4) is 0 Å². The van der Waals surface area contributed by atoms with Crippen molar-refractivity contribution in [3.63, 3.8) is 0 Å². The topological polar surface area (TPSA) is 81.9 Å². The van der Waals surface area contributed by atoms with E-state index in [2.05, 4.69) is 9.88 Å². The van der Waals surface area contributed by atoms with E-state index in [-0.39, 0.29) is 23.3 Å². The molecule has 0 aliphatic carbocycles. The number of nitrogens with zero attached hydrogens (tertiary/aromatic N) is 3. The first-order chi connectivity index (χ1) is 15.0. The minimum Gasteiger partial charge on any atom is -0.306 e. The van der Waals surface area contributed by atoms with Crippen LogP contribution in [0.5, 0.6) is 0 Å². The number of carbonyl (C=O) groups excluding carboxylic acids is 1. The first-order valence-electron chi connectivity index (χ1n) is 10.5. The van der Waals surface area contributed by atoms with Crippen molar-refractivity contribution < 1.29 is 9.18 Å². The fourth-order valence-corrected chi connectivity index (χ4v) is 4.08. The monoisotopic (exact) mass is 422 g/mol. The number of aromatic nitrogens is 2. The Morgan fingerprint density at radius 3 is 2.48 bits per heavy atom. The van der Waals surface area contributed by atoms with Crippen LogP contribution in [0.1, 0.15) is 49.0 Å². The average Bonchev–Trinajstić information content (AvgIpc) is 3.11. The highest BCUT2D eigenvalue weighted by atomic mass is 19.1. The number of hydrogen-bond acceptors (Lipinski definition) is 4. The fraction of sp³-hybridized carbons (Fsp3) is 0.375. The highest BCUT2D eigenvalue weighted by Crippen LogP contribution is 2.25. The smallest absolute Gasteiger partial charge is 0.306 e. The molecule has 1 N–H and O–H groups in total. The molecular formula is C24H27FN4O2. The lowest BCUT2D eigenvalue weighted by molar-refractivity contribution is 0.0970. The number of nitrogens with one attached hydrogen (secondary N) is 1. The molecule has 0 amide bonds. The van der Waals surface area contributed by atoms with Gasteiger partial charge in [-0.05, 0) is 62.2 Å². The van der Waals surface area contributed by atoms with Gasteiger partial charge in [0.25, 0.3) is 0 Å². The predicted octanol–water partition coefficient (Wildman–Crippen LogP) is 4.30. The van der Waals surface area contributed by atoms with Crippen LogP contribution in [0, 0.1) is 17.1 Å². The van der Waals surface area contributed by atoms with Gasteiger partial charge in [0, 0.05) is 38.0 Å². The first kappa shape index (κ1) is 22.4. The molecule has 0 atom stereocenters. The summed E-state index contributed by atoms with van der Waals surface area (Å²) in [4.78, 5) is 29.8. The Balaban J connectivity index is 0.000000858. The number of imidazole rings is 1. The number of carbonyl (C=O) groups is 1. The molecule has 2 aromatic carbocycles. The SMILES string of the molecule is CC#N.O=C(CCCN1CCC(n2c(=O)[nH]c3ccccc32)CC1)c1ccc(F)cc1. The Bertz CT molecular complexity index is 1100. The Kier molecular flexibility index (Phi) is 7.74. The minimum absolute atomic E-state index is 0.0375. The zero-order valence-corrected chi connectivity index (χ0v) is 17.7. The fourth-order valence-electron chi connectivity index (χ4n) is 4.08. The third kappa shape index (κ3) is 5.68. The van der Waals surface area contributed by atoms with Crippen molar-refractivity contribution in [1.82, 2.24) is 14.5 Å². The molecule has 1 fully saturated rings. The van der Waals surface area contributed by atoms with Crippen molar-refractivity contribution in [2.45, 2.75) is 38.6 Å². The molecule has 1 aromatic heterocycles. The van der Waals surface area contributed by atoms with Gasteiger partial charge in [-0.1, -0.05) is 12.1 Å². The van der Waals surface area contributed by atoms with Crippen molar-refractivity contribution in [2.75, 3.05) is 19.6 Å². The quantitative estimate of drug-likeness (QED) is 0.601. The molecule has 6 nitrogen and oxygen atoms in total. The van der Waals surface area contributed by atoms with Gasteiger partial charge < -0.3 is 9.88 Å². The number of H-pyrrole nitrogens is 1. The average molecular weight is 423 g/mol. The molecule has 4 rings (SSSR count). The number of likely N-dealkylation sites (tertiary alicyclic amines) is 1. The number of ketones is 1. The first-order valence-corrected chi connectivity index (χ1v) is 10.5. The van der Waals surface area contributed by atoms with Gasteiger partial charge in [0.05, 0.1) is 17.1 Å². The van der Waals surface area contributed by atoms with Gasteiger partial charge in [0.2, 0.25) is 0 Å². The lowest BCUT2D eigenvalue weighted by Crippen LogP contribution is -2.37. The van der Waals surface area contributed by atoms with Crippen LogP contribution >= 0.6 is 0 Å². The molecule has 0 unspecified atom stereocenters. The molecule has 0 spiro atoms. The van der Waals surface area contributed by atoms with Crippen LogP contribution in [-0.4, -0.2) is 39.9 Å². The maximum Gasteiger partial charge on any atom is 0.326 e. The van der Waals surface area contributed by atoms with E-state index in [1.807, 2.05) is 28.8 Å². The third-order valence-electron chi connectivity index (χ3n) is 5.59. The second-order valence-electron chi connectivity index (χ2n) is 7.65. The van der Waals surface area contributed by atoms with Crippen molar-refractivity contribution in [3.05, 3.63) is 70.4 Å². The highest BCUT2D eigenvalue weighted by Gasteiger charge is 2.23. The van der Waals surface area contributed by atoms with Crippen LogP contribution in [0.25, 0.3) is 11.0 Å². The van der Waals surface area contributed by atoms with Crippen LogP contribution in [-0.2, 0) is 0 Å². The maximum absolute atomic E-state index is 12.9. The molecule has 1 saturated heterocycles. The Morgan fingerprint density at radius 2 is 1.81 bits per heavy atom. The van der Waals surface area contributed by atoms with E-state index in [9.17, 15) is 14.0 Å². The number of Topliss-reactive ketones (excluding diaryl/α,β-unsaturated/α-hetero) is 1. The lowest BCUT2D eigenvalue weighted by atomic mass is 10.0. The molecule has 162 valence electrons. The largest absolute Gasteiger partial charge is 0.326 e. The summed E-state index contributed by atoms with van der Waals surface area (Å²) in [6.07, 6.45) is 3.10. The highest BCUT2D eigenvalue weighted by molar-refractivity contribution is 5.95. The normalized spacial score (nSPS) is 14.6. The summed E-state index contributed by atoms with van der Waals surface area (Å²) in [7, 11) is 0. The maximum atomic E-state index is 12.9. The molecule has 3 aromatic rings. The number of piperidine rings is 1. The summed E-state index contributed by atoms with van der Waals surface area (Å²) in [6, 6.07) is 15.5. The van der Waals surface area contributed by atoms with E-state index in [4.69, 9.17) is 5.26 Å². The van der Waals surface area contributed by atoms with Gasteiger partial charge in [0.15, 0.2) is 5.78 Å². The van der Waals surface area contributed by atoms with Crippen molar-refractivity contribution >= 4 is 16.8 Å². The zero-order valence-electron chi connectivity index (χ0n) is 17.7. The standard InChI is InChI=1S/C22H24FN3O2.C2H3N/c23-17-9-7-16(8-10-17)21(27)6-3-13-25-14-11-18(12-15-25)26-20-5-2-1-4-19(20)24-22(26)28;1-2-3/h1-2,4-5,7-10,18H,3,6,11-15H2,(H,24,28);1H3. The predicted molar refractivity (Wildman–Crippen MR) is 119 cm³/mol. The molecule has 0 bridgehead atoms. The van der Waals surface area contributed by atoms with E-state index in [0.717, 1.165) is 49.9 Å². The number of fused-ring (bicyclic) bond motifs is 1. The van der Waals surface area contributed by atoms with E-state index in [1.165, 1.54) is 19.1 Å². The summed E-state index contributed by atoms with van der Waals surface area (Å²) in [5.41, 5.74) is 2.38. The second-order valence-corrected chi connectivity index (χ2v) is 7.65. The van der Waals surface area contributed by atoms with E-state index < -0.39 is 0 Å². The Hall–Kier alpha value is -3.24. The molecular weight excluding hydrogens is 395 g/mol. The number of rotatable bonds is 6. The van der Waals surface area contributed by atoms with Gasteiger partial charge in [-0.15, -0.1) is 0 Å². The third-order valence-corrected chi connectivity index (χ3v) is 5.59. The van der Waals surface area contributed by atoms with Crippen molar-refractivity contribution in [2.24, 2.45) is 0 Å². The molecule has 2 heterocycles. The summed E-state index contributed by atoms with van der Waals surface area (Å²) < 4.78 is 14.8. The van der Waals surface area contributed by atoms with Crippen LogP contribution in [0.15, 0.2) is 53.3 Å². The summed E-state index contributed by atoms with van der Waals surface area (Å²) >= 11 is 0. The van der Waals surface area contributed by atoms with Crippen molar-refractivity contribution in [1.29, 1.82) is 5.26 Å². The van der Waals surface area contributed by atoms with Gasteiger partial charge in [-0.3, -0.25) is 9.36 Å². The number of benzene rings is 2. The second kappa shape index (κ2) is 10.7. The Morgan fingerprint density at radius 1 is 1.16 bits per heavy atom. The van der Waals surface area contributed by atoms with E-state index in [0.29, 0.717) is 12.0 Å². The molecule has 0 radical (unpaired) electrons. The van der Waals surface area contributed by atoms with Crippen LogP contribution in [0.4, 0.5) is 4.39 Å². The molecule has 7 heteroatoms. The lowest BCUT2D eigenvalue weighted by Gasteiger charge is -2.32. The summed E-state index contributed by atoms with van der Waals surface area (Å²) in [5, 5.41) is 7.32. The zero-order chi connectivity index (χ0) is 22.2. The number of para-hydroxylation sites is 2. The Labute approximate surface area is 180 Å². The molecule has 1 aliphatic heterocycles. The molecule has 1 aliphatic rings. The number of nitriles is 1. The minimum atomic E-state index is -0.325. The molecule has 31 heavy (non-hydrogen) atoms. The number of hydrogen-bond donors (Lipinski definition) is 1. The van der Waals surface area contributed by atoms with Crippen LogP contribution in [0.2, 0.25) is 0 Å². The van der Waals surface area contributed by atoms with E-state index in [1.54, 1.807) is 18.2 Å². The van der Waals surface area contributed by atoms with Gasteiger partial charge in [-0.2, -0.15) is 5.26 Å². The van der Waals surface area contributed by atoms with Crippen molar-refractivity contribution in [3.8, 4) is 6.07 Å². The summed E-state index contributed by atoms with van der Waals surface area (Å²) in [5.74, 6) is -0.269. The molecule has 0 saturated carbocycles. The summed E-state index contributed by atoms with van der Waals surface area (Å²) in [6.45, 7) is 4.13. The number of aromatic amines is 1.